The fourth-order valence-corrected chi connectivity index (χ4v) is 1.68. The zero-order chi connectivity index (χ0) is 16.9. The van der Waals surface area contributed by atoms with Crippen LogP contribution in [0.15, 0.2) is 16.9 Å². The first kappa shape index (κ1) is 17.9. The van der Waals surface area contributed by atoms with Crippen molar-refractivity contribution in [3.63, 3.8) is 0 Å². The number of carbonyl (C=O) groups is 2. The minimum Gasteiger partial charge on any atom is -0.448 e. The van der Waals surface area contributed by atoms with Crippen LogP contribution in [0, 0.1) is 0 Å². The summed E-state index contributed by atoms with van der Waals surface area (Å²) in [6, 6.07) is 2.56. The van der Waals surface area contributed by atoms with Crippen molar-refractivity contribution in [3.05, 3.63) is 28.2 Å². The molecule has 1 atom stereocenters. The predicted octanol–water partition coefficient (Wildman–Crippen LogP) is 1.11. The minimum absolute atomic E-state index is 0.00320. The van der Waals surface area contributed by atoms with Gasteiger partial charge in [-0.3, -0.25) is 9.59 Å². The molecular formula is C15H23N3O4. The van der Waals surface area contributed by atoms with E-state index in [0.717, 1.165) is 6.42 Å². The molecule has 1 amide bonds. The number of nitrogens with zero attached hydrogens (tertiary/aromatic N) is 2. The molecule has 1 rings (SSSR count). The Morgan fingerprint density at radius 2 is 2.00 bits per heavy atom. The summed E-state index contributed by atoms with van der Waals surface area (Å²) in [4.78, 5) is 35.5. The number of hydrogen-bond acceptors (Lipinski definition) is 5. The van der Waals surface area contributed by atoms with E-state index in [4.69, 9.17) is 4.74 Å². The van der Waals surface area contributed by atoms with Crippen LogP contribution in [0.25, 0.3) is 0 Å². The summed E-state index contributed by atoms with van der Waals surface area (Å²) in [5.41, 5.74) is -0.690. The number of aromatic nitrogens is 2. The summed E-state index contributed by atoms with van der Waals surface area (Å²) in [7, 11) is 0. The van der Waals surface area contributed by atoms with Gasteiger partial charge in [-0.15, -0.1) is 0 Å². The van der Waals surface area contributed by atoms with Crippen molar-refractivity contribution >= 4 is 11.9 Å². The van der Waals surface area contributed by atoms with Crippen molar-refractivity contribution in [3.8, 4) is 0 Å². The van der Waals surface area contributed by atoms with E-state index in [0.29, 0.717) is 6.54 Å². The highest BCUT2D eigenvalue weighted by molar-refractivity contribution is 5.90. The average molecular weight is 309 g/mol. The number of carbonyl (C=O) groups excluding carboxylic acids is 2. The molecule has 0 bridgehead atoms. The molecule has 0 aromatic carbocycles. The number of nitrogens with one attached hydrogen (secondary N) is 1. The van der Waals surface area contributed by atoms with Gasteiger partial charge in [-0.1, -0.05) is 6.92 Å². The van der Waals surface area contributed by atoms with Crippen LogP contribution in [0.4, 0.5) is 0 Å². The molecule has 0 aliphatic carbocycles. The highest BCUT2D eigenvalue weighted by Gasteiger charge is 2.23. The van der Waals surface area contributed by atoms with Gasteiger partial charge in [0.15, 0.2) is 11.8 Å². The Labute approximate surface area is 129 Å². The number of aryl methyl sites for hydroxylation is 1. The number of amides is 1. The minimum atomic E-state index is -0.944. The molecule has 7 heteroatoms. The summed E-state index contributed by atoms with van der Waals surface area (Å²) < 4.78 is 6.29. The van der Waals surface area contributed by atoms with Crippen LogP contribution >= 0.6 is 0 Å². The van der Waals surface area contributed by atoms with Gasteiger partial charge >= 0.3 is 5.97 Å². The Balaban J connectivity index is 2.78. The van der Waals surface area contributed by atoms with Gasteiger partial charge < -0.3 is 10.1 Å². The monoisotopic (exact) mass is 309 g/mol. The van der Waals surface area contributed by atoms with Crippen molar-refractivity contribution in [1.29, 1.82) is 0 Å². The molecule has 0 spiro atoms. The molecule has 7 nitrogen and oxygen atoms in total. The SMILES string of the molecule is CCCn1nc(C(=O)OC(C)C(=O)NC(C)(C)C)ccc1=O. The normalized spacial score (nSPS) is 12.6. The van der Waals surface area contributed by atoms with E-state index in [1.54, 1.807) is 0 Å². The largest absolute Gasteiger partial charge is 0.448 e. The Morgan fingerprint density at radius 1 is 1.36 bits per heavy atom. The quantitative estimate of drug-likeness (QED) is 0.823. The molecule has 0 saturated carbocycles. The van der Waals surface area contributed by atoms with E-state index in [9.17, 15) is 14.4 Å². The van der Waals surface area contributed by atoms with Crippen molar-refractivity contribution < 1.29 is 14.3 Å². The first-order valence-electron chi connectivity index (χ1n) is 7.25. The molecule has 0 saturated heterocycles. The van der Waals surface area contributed by atoms with Crippen molar-refractivity contribution in [2.45, 2.75) is 59.2 Å². The van der Waals surface area contributed by atoms with E-state index in [-0.39, 0.29) is 17.2 Å². The molecular weight excluding hydrogens is 286 g/mol. The lowest BCUT2D eigenvalue weighted by Gasteiger charge is -2.23. The fraction of sp³-hybridized carbons (Fsp3) is 0.600. The number of ether oxygens (including phenoxy) is 1. The third kappa shape index (κ3) is 5.31. The van der Waals surface area contributed by atoms with E-state index in [1.807, 2.05) is 27.7 Å². The predicted molar refractivity (Wildman–Crippen MR) is 81.6 cm³/mol. The molecule has 1 unspecified atom stereocenters. The van der Waals surface area contributed by atoms with Gasteiger partial charge in [-0.2, -0.15) is 5.10 Å². The zero-order valence-electron chi connectivity index (χ0n) is 13.7. The Kier molecular flexibility index (Phi) is 5.84. The van der Waals surface area contributed by atoms with Crippen LogP contribution in [-0.4, -0.2) is 33.3 Å². The number of hydrogen-bond donors (Lipinski definition) is 1. The van der Waals surface area contributed by atoms with Gasteiger partial charge in [0.1, 0.15) is 0 Å². The molecule has 1 heterocycles. The summed E-state index contributed by atoms with van der Waals surface area (Å²) >= 11 is 0. The van der Waals surface area contributed by atoms with E-state index >= 15 is 0 Å². The first-order valence-corrected chi connectivity index (χ1v) is 7.25. The van der Waals surface area contributed by atoms with Crippen molar-refractivity contribution in [2.24, 2.45) is 0 Å². The maximum Gasteiger partial charge on any atom is 0.359 e. The third-order valence-electron chi connectivity index (χ3n) is 2.66. The second kappa shape index (κ2) is 7.20. The summed E-state index contributed by atoms with van der Waals surface area (Å²) in [6.07, 6.45) is -0.226. The topological polar surface area (TPSA) is 90.3 Å². The van der Waals surface area contributed by atoms with Crippen molar-refractivity contribution in [1.82, 2.24) is 15.1 Å². The molecule has 1 aromatic rings. The van der Waals surface area contributed by atoms with Gasteiger partial charge in [0.2, 0.25) is 0 Å². The second-order valence-electron chi connectivity index (χ2n) is 6.07. The maximum atomic E-state index is 12.0. The Bertz CT molecular complexity index is 602. The maximum absolute atomic E-state index is 12.0. The number of rotatable bonds is 5. The highest BCUT2D eigenvalue weighted by atomic mass is 16.5. The summed E-state index contributed by atoms with van der Waals surface area (Å²) in [5.74, 6) is -1.12. The lowest BCUT2D eigenvalue weighted by atomic mass is 10.1. The van der Waals surface area contributed by atoms with E-state index < -0.39 is 17.6 Å². The smallest absolute Gasteiger partial charge is 0.359 e. The number of esters is 1. The molecule has 1 aromatic heterocycles. The molecule has 22 heavy (non-hydrogen) atoms. The molecule has 0 radical (unpaired) electrons. The summed E-state index contributed by atoms with van der Waals surface area (Å²) in [6.45, 7) is 9.31. The van der Waals surface area contributed by atoms with Crippen LogP contribution in [0.2, 0.25) is 0 Å². The highest BCUT2D eigenvalue weighted by Crippen LogP contribution is 2.04. The van der Waals surface area contributed by atoms with Gasteiger partial charge in [-0.05, 0) is 40.2 Å². The molecule has 0 fully saturated rings. The lowest BCUT2D eigenvalue weighted by molar-refractivity contribution is -0.130. The second-order valence-corrected chi connectivity index (χ2v) is 6.07. The fourth-order valence-electron chi connectivity index (χ4n) is 1.68. The average Bonchev–Trinajstić information content (AvgIpc) is 2.39. The van der Waals surface area contributed by atoms with Crippen LogP contribution in [0.1, 0.15) is 51.5 Å². The molecule has 122 valence electrons. The van der Waals surface area contributed by atoms with E-state index in [2.05, 4.69) is 10.4 Å². The van der Waals surface area contributed by atoms with Gasteiger partial charge in [0.25, 0.3) is 11.5 Å². The van der Waals surface area contributed by atoms with Crippen LogP contribution in [-0.2, 0) is 16.1 Å². The van der Waals surface area contributed by atoms with Crippen LogP contribution in [0.3, 0.4) is 0 Å². The van der Waals surface area contributed by atoms with Crippen LogP contribution < -0.4 is 10.9 Å². The van der Waals surface area contributed by atoms with Crippen molar-refractivity contribution in [2.75, 3.05) is 0 Å². The van der Waals surface area contributed by atoms with Gasteiger partial charge in [0.05, 0.1) is 0 Å². The Hall–Kier alpha value is -2.18. The first-order chi connectivity index (χ1) is 10.1. The summed E-state index contributed by atoms with van der Waals surface area (Å²) in [5, 5.41) is 6.67. The van der Waals surface area contributed by atoms with E-state index in [1.165, 1.54) is 23.7 Å². The van der Waals surface area contributed by atoms with Gasteiger partial charge in [-0.25, -0.2) is 9.48 Å². The Morgan fingerprint density at radius 3 is 2.55 bits per heavy atom. The molecule has 0 aliphatic heterocycles. The standard InChI is InChI=1S/C15H23N3O4/c1-6-9-18-12(19)8-7-11(17-18)14(21)22-10(2)13(20)16-15(3,4)5/h7-8,10H,6,9H2,1-5H3,(H,16,20). The zero-order valence-corrected chi connectivity index (χ0v) is 13.7. The molecule has 1 N–H and O–H groups in total. The third-order valence-corrected chi connectivity index (χ3v) is 2.66. The van der Waals surface area contributed by atoms with Crippen LogP contribution in [0.5, 0.6) is 0 Å². The van der Waals surface area contributed by atoms with Gasteiger partial charge in [0, 0.05) is 18.2 Å². The molecule has 0 aliphatic rings. The lowest BCUT2D eigenvalue weighted by Crippen LogP contribution is -2.46.